The van der Waals surface area contributed by atoms with Gasteiger partial charge in [-0.25, -0.2) is 0 Å². The van der Waals surface area contributed by atoms with E-state index in [2.05, 4.69) is 20.9 Å². The monoisotopic (exact) mass is 513 g/mol. The Bertz CT molecular complexity index is 1230. The zero-order chi connectivity index (χ0) is 22.7. The maximum atomic E-state index is 14.2. The van der Waals surface area contributed by atoms with E-state index in [1.165, 1.54) is 19.5 Å². The first kappa shape index (κ1) is 21.1. The number of rotatable bonds is 3. The fourth-order valence-corrected chi connectivity index (χ4v) is 5.60. The third-order valence-electron chi connectivity index (χ3n) is 6.31. The Morgan fingerprint density at radius 2 is 1.84 bits per heavy atom. The van der Waals surface area contributed by atoms with Gasteiger partial charge in [-0.15, -0.1) is 0 Å². The zero-order valence-electron chi connectivity index (χ0n) is 16.8. The fourth-order valence-electron chi connectivity index (χ4n) is 5.05. The van der Waals surface area contributed by atoms with Gasteiger partial charge in [0.2, 0.25) is 11.4 Å². The van der Waals surface area contributed by atoms with Crippen LogP contribution in [0.3, 0.4) is 0 Å². The van der Waals surface area contributed by atoms with Gasteiger partial charge >= 0.3 is 5.97 Å². The summed E-state index contributed by atoms with van der Waals surface area (Å²) in [5, 5.41) is 12.1. The third kappa shape index (κ3) is 2.65. The van der Waals surface area contributed by atoms with Crippen LogP contribution >= 0.6 is 27.5 Å². The Labute approximate surface area is 197 Å². The van der Waals surface area contributed by atoms with E-state index in [1.807, 2.05) is 6.07 Å². The summed E-state index contributed by atoms with van der Waals surface area (Å²) < 4.78 is 12.3. The van der Waals surface area contributed by atoms with Crippen LogP contribution in [0.4, 0.5) is 0 Å². The minimum Gasteiger partial charge on any atom is -0.472 e. The number of hydrogen-bond acceptors (Lipinski definition) is 6. The predicted octanol–water partition coefficient (Wildman–Crippen LogP) is 4.13. The lowest BCUT2D eigenvalue weighted by Gasteiger charge is -2.39. The minimum absolute atomic E-state index is 0.0285. The van der Waals surface area contributed by atoms with Gasteiger partial charge in [-0.2, -0.15) is 0 Å². The molecule has 8 heteroatoms. The molecule has 32 heavy (non-hydrogen) atoms. The molecular formula is C24H17BrClNO5. The Morgan fingerprint density at radius 1 is 1.16 bits per heavy atom. The molecule has 0 radical (unpaired) electrons. The quantitative estimate of drug-likeness (QED) is 0.529. The van der Waals surface area contributed by atoms with Crippen molar-refractivity contribution >= 4 is 39.3 Å². The molecule has 162 valence electrons. The van der Waals surface area contributed by atoms with Crippen LogP contribution in [0.25, 0.3) is 0 Å². The summed E-state index contributed by atoms with van der Waals surface area (Å²) in [4.78, 5) is 31.4. The number of ether oxygens (including phenoxy) is 2. The van der Waals surface area contributed by atoms with Crippen molar-refractivity contribution in [3.8, 4) is 5.75 Å². The van der Waals surface area contributed by atoms with Gasteiger partial charge in [-0.05, 0) is 17.7 Å². The summed E-state index contributed by atoms with van der Waals surface area (Å²) in [6.07, 6.45) is 2.71. The van der Waals surface area contributed by atoms with Crippen LogP contribution in [0.5, 0.6) is 5.75 Å². The first-order valence-electron chi connectivity index (χ1n) is 9.84. The summed E-state index contributed by atoms with van der Waals surface area (Å²) >= 11 is 9.81. The van der Waals surface area contributed by atoms with Gasteiger partial charge in [0.15, 0.2) is 5.60 Å². The largest absolute Gasteiger partial charge is 0.472 e. The van der Waals surface area contributed by atoms with Crippen molar-refractivity contribution in [1.29, 1.82) is 0 Å². The Balaban J connectivity index is 1.91. The molecule has 1 fully saturated rings. The number of aromatic nitrogens is 1. The number of benzene rings is 2. The van der Waals surface area contributed by atoms with Gasteiger partial charge in [0.25, 0.3) is 0 Å². The lowest BCUT2D eigenvalue weighted by Crippen LogP contribution is -2.51. The normalized spacial score (nSPS) is 28.1. The first-order valence-corrected chi connectivity index (χ1v) is 11.0. The van der Waals surface area contributed by atoms with Crippen LogP contribution in [-0.4, -0.2) is 29.0 Å². The van der Waals surface area contributed by atoms with Gasteiger partial charge in [0, 0.05) is 16.2 Å². The van der Waals surface area contributed by atoms with Gasteiger partial charge in [-0.3, -0.25) is 14.6 Å². The second-order valence-corrected chi connectivity index (χ2v) is 9.15. The fraction of sp³-hybridized carbons (Fsp3) is 0.208. The van der Waals surface area contributed by atoms with Gasteiger partial charge in [0.1, 0.15) is 11.7 Å². The van der Waals surface area contributed by atoms with Crippen LogP contribution in [0.15, 0.2) is 71.5 Å². The number of ketones is 1. The zero-order valence-corrected chi connectivity index (χ0v) is 19.1. The van der Waals surface area contributed by atoms with Crippen molar-refractivity contribution in [2.24, 2.45) is 5.92 Å². The van der Waals surface area contributed by atoms with E-state index in [9.17, 15) is 14.7 Å². The van der Waals surface area contributed by atoms with Crippen LogP contribution < -0.4 is 4.74 Å². The lowest BCUT2D eigenvalue weighted by molar-refractivity contribution is -0.162. The van der Waals surface area contributed by atoms with Gasteiger partial charge in [-0.1, -0.05) is 70.0 Å². The molecule has 1 N–H and O–H groups in total. The van der Waals surface area contributed by atoms with E-state index in [4.69, 9.17) is 21.1 Å². The van der Waals surface area contributed by atoms with Crippen molar-refractivity contribution in [2.75, 3.05) is 7.11 Å². The summed E-state index contributed by atoms with van der Waals surface area (Å²) in [5.41, 5.74) is -2.80. The Kier molecular flexibility index (Phi) is 4.89. The number of esters is 1. The molecule has 5 rings (SSSR count). The average molecular weight is 515 g/mol. The number of aliphatic hydroxyl groups is 1. The first-order chi connectivity index (χ1) is 15.4. The topological polar surface area (TPSA) is 85.7 Å². The molecule has 3 aromatic rings. The van der Waals surface area contributed by atoms with Crippen LogP contribution in [-0.2, 0) is 25.5 Å². The highest BCUT2D eigenvalue weighted by Gasteiger charge is 2.76. The number of fused-ring (bicyclic) bond motifs is 4. The number of Topliss-reactive ketones (excluding diaryl/α,β-unsaturated/α-hetero) is 1. The Hall–Kier alpha value is -2.74. The molecule has 1 aliphatic carbocycles. The molecule has 6 nitrogen and oxygen atoms in total. The molecule has 2 aromatic carbocycles. The number of carbonyl (C=O) groups excluding carboxylic acids is 2. The lowest BCUT2D eigenvalue weighted by atomic mass is 9.75. The molecule has 2 heterocycles. The van der Waals surface area contributed by atoms with E-state index in [1.54, 1.807) is 48.5 Å². The number of methoxy groups -OCH3 is 1. The molecule has 1 aromatic heterocycles. The molecule has 0 amide bonds. The Morgan fingerprint density at radius 3 is 2.50 bits per heavy atom. The summed E-state index contributed by atoms with van der Waals surface area (Å²) in [5.74, 6) is -3.45. The van der Waals surface area contributed by atoms with Crippen molar-refractivity contribution in [3.63, 3.8) is 0 Å². The second-order valence-electron chi connectivity index (χ2n) is 7.82. The average Bonchev–Trinajstić information content (AvgIpc) is 2.92. The maximum Gasteiger partial charge on any atom is 0.313 e. The summed E-state index contributed by atoms with van der Waals surface area (Å²) in [6, 6.07) is 16.1. The molecule has 1 unspecified atom stereocenters. The standard InChI is InChI=1S/C24H17BrClNO5/c1-31-21(28)20-18(13-5-3-2-4-6-13)24(14-7-9-15(25)10-8-14)22(29)23(20,30)19-16(26)11-27-12-17(19)32-24/h2-12,18,20,30H,1H3/t18-,20-,23+,24?/m1/s1. The second kappa shape index (κ2) is 7.40. The molecule has 4 atom stereocenters. The summed E-state index contributed by atoms with van der Waals surface area (Å²) in [6.45, 7) is 0. The SMILES string of the molecule is COC(=O)[C@H]1[C@@H](c2ccccc2)C2(c3ccc(Br)cc3)Oc3cncc(Cl)c3[C@@]1(O)C2=O. The number of nitrogens with zero attached hydrogens (tertiary/aromatic N) is 1. The minimum atomic E-state index is -2.27. The van der Waals surface area contributed by atoms with Crippen molar-refractivity contribution < 1.29 is 24.2 Å². The highest BCUT2D eigenvalue weighted by atomic mass is 79.9. The highest BCUT2D eigenvalue weighted by Crippen LogP contribution is 2.65. The van der Waals surface area contributed by atoms with E-state index in [-0.39, 0.29) is 16.3 Å². The van der Waals surface area contributed by atoms with E-state index in [0.717, 1.165) is 4.47 Å². The molecular weight excluding hydrogens is 498 g/mol. The summed E-state index contributed by atoms with van der Waals surface area (Å²) in [7, 11) is 1.22. The van der Waals surface area contributed by atoms with Gasteiger partial charge < -0.3 is 14.6 Å². The number of halogens is 2. The van der Waals surface area contributed by atoms with E-state index in [0.29, 0.717) is 11.1 Å². The smallest absolute Gasteiger partial charge is 0.313 e. The molecule has 2 bridgehead atoms. The maximum absolute atomic E-state index is 14.2. The molecule has 2 aliphatic rings. The third-order valence-corrected chi connectivity index (χ3v) is 7.12. The highest BCUT2D eigenvalue weighted by molar-refractivity contribution is 9.10. The van der Waals surface area contributed by atoms with Crippen LogP contribution in [0.1, 0.15) is 22.6 Å². The van der Waals surface area contributed by atoms with Crippen molar-refractivity contribution in [2.45, 2.75) is 17.1 Å². The molecule has 0 spiro atoms. The number of carbonyl (C=O) groups is 2. The number of pyridine rings is 1. The van der Waals surface area contributed by atoms with Crippen LogP contribution in [0, 0.1) is 5.92 Å². The van der Waals surface area contributed by atoms with Crippen molar-refractivity contribution in [3.05, 3.63) is 93.2 Å². The van der Waals surface area contributed by atoms with Crippen molar-refractivity contribution in [1.82, 2.24) is 4.98 Å². The molecule has 1 saturated carbocycles. The van der Waals surface area contributed by atoms with Crippen LogP contribution in [0.2, 0.25) is 5.02 Å². The predicted molar refractivity (Wildman–Crippen MR) is 119 cm³/mol. The molecule has 1 aliphatic heterocycles. The number of hydrogen-bond donors (Lipinski definition) is 1. The molecule has 0 saturated heterocycles. The van der Waals surface area contributed by atoms with Gasteiger partial charge in [0.05, 0.1) is 29.8 Å². The van der Waals surface area contributed by atoms with E-state index >= 15 is 0 Å². The van der Waals surface area contributed by atoms with E-state index < -0.39 is 34.8 Å².